The molecule has 1 aliphatic rings. The van der Waals surface area contributed by atoms with E-state index in [1.807, 2.05) is 12.1 Å². The first-order valence-corrected chi connectivity index (χ1v) is 9.62. The molecule has 1 aliphatic heterocycles. The van der Waals surface area contributed by atoms with Gasteiger partial charge in [-0.3, -0.25) is 0 Å². The summed E-state index contributed by atoms with van der Waals surface area (Å²) in [7, 11) is -1.72. The molecule has 2 aromatic heterocycles. The second-order valence-corrected chi connectivity index (χ2v) is 8.50. The van der Waals surface area contributed by atoms with Gasteiger partial charge in [-0.2, -0.15) is 4.31 Å². The van der Waals surface area contributed by atoms with E-state index in [1.54, 1.807) is 42.8 Å². The fourth-order valence-corrected chi connectivity index (χ4v) is 5.25. The molecule has 120 valence electrons. The molecular formula is C14H19N3O3S2. The van der Waals surface area contributed by atoms with Crippen molar-refractivity contribution in [3.05, 3.63) is 36.2 Å². The zero-order chi connectivity index (χ0) is 15.7. The van der Waals surface area contributed by atoms with Gasteiger partial charge >= 0.3 is 0 Å². The largest absolute Gasteiger partial charge is 0.468 e. The Balaban J connectivity index is 1.78. The molecule has 0 aliphatic carbocycles. The van der Waals surface area contributed by atoms with Crippen LogP contribution in [0, 0.1) is 6.92 Å². The van der Waals surface area contributed by atoms with Gasteiger partial charge in [0.05, 0.1) is 11.5 Å². The molecule has 0 saturated carbocycles. The Labute approximate surface area is 134 Å². The van der Waals surface area contributed by atoms with E-state index in [0.717, 1.165) is 17.9 Å². The Hall–Kier alpha value is -1.25. The van der Waals surface area contributed by atoms with Crippen LogP contribution >= 0.6 is 11.8 Å². The molecule has 3 heterocycles. The highest BCUT2D eigenvalue weighted by atomic mass is 32.2. The van der Waals surface area contributed by atoms with Crippen molar-refractivity contribution in [1.82, 2.24) is 13.9 Å². The Morgan fingerprint density at radius 1 is 1.41 bits per heavy atom. The monoisotopic (exact) mass is 341 g/mol. The predicted molar refractivity (Wildman–Crippen MR) is 85.2 cm³/mol. The van der Waals surface area contributed by atoms with E-state index in [9.17, 15) is 8.42 Å². The van der Waals surface area contributed by atoms with E-state index in [-0.39, 0.29) is 10.3 Å². The normalized spacial score (nSPS) is 20.9. The standard InChI is InChI=1S/C14H19N3O3S2/c1-11-15-14(10-16(11)2)22(18,19)17-6-5-13(21-9-7-17)12-4-3-8-20-12/h3-4,8,10,13H,5-7,9H2,1-2H3. The highest BCUT2D eigenvalue weighted by molar-refractivity contribution is 7.99. The second-order valence-electron chi connectivity index (χ2n) is 5.30. The van der Waals surface area contributed by atoms with Crippen LogP contribution in [0.4, 0.5) is 0 Å². The van der Waals surface area contributed by atoms with Crippen molar-refractivity contribution in [1.29, 1.82) is 0 Å². The highest BCUT2D eigenvalue weighted by Crippen LogP contribution is 2.35. The van der Waals surface area contributed by atoms with Gasteiger partial charge < -0.3 is 8.98 Å². The number of thioether (sulfide) groups is 1. The number of aryl methyl sites for hydroxylation is 2. The van der Waals surface area contributed by atoms with Crippen molar-refractivity contribution in [3.8, 4) is 0 Å². The molecule has 0 bridgehead atoms. The number of sulfonamides is 1. The molecule has 1 fully saturated rings. The molecule has 0 spiro atoms. The third-order valence-corrected chi connectivity index (χ3v) is 6.91. The molecule has 1 unspecified atom stereocenters. The zero-order valence-electron chi connectivity index (χ0n) is 12.6. The van der Waals surface area contributed by atoms with Gasteiger partial charge in [-0.15, -0.1) is 11.8 Å². The van der Waals surface area contributed by atoms with Crippen LogP contribution in [-0.4, -0.2) is 41.1 Å². The van der Waals surface area contributed by atoms with Gasteiger partial charge in [-0.05, 0) is 25.5 Å². The van der Waals surface area contributed by atoms with E-state index in [0.29, 0.717) is 18.9 Å². The third-order valence-electron chi connectivity index (χ3n) is 3.85. The van der Waals surface area contributed by atoms with Crippen molar-refractivity contribution in [2.75, 3.05) is 18.8 Å². The first-order valence-electron chi connectivity index (χ1n) is 7.13. The minimum atomic E-state index is -3.52. The van der Waals surface area contributed by atoms with Gasteiger partial charge in [0.2, 0.25) is 0 Å². The van der Waals surface area contributed by atoms with Gasteiger partial charge in [0.15, 0.2) is 5.03 Å². The number of aromatic nitrogens is 2. The van der Waals surface area contributed by atoms with Gasteiger partial charge in [0, 0.05) is 32.1 Å². The lowest BCUT2D eigenvalue weighted by molar-refractivity contribution is 0.415. The maximum Gasteiger partial charge on any atom is 0.262 e. The molecular weight excluding hydrogens is 322 g/mol. The summed E-state index contributed by atoms with van der Waals surface area (Å²) in [5.41, 5.74) is 0. The Morgan fingerprint density at radius 3 is 2.86 bits per heavy atom. The van der Waals surface area contributed by atoms with Crippen LogP contribution in [0.3, 0.4) is 0 Å². The van der Waals surface area contributed by atoms with Crippen LogP contribution in [0.5, 0.6) is 0 Å². The summed E-state index contributed by atoms with van der Waals surface area (Å²) >= 11 is 1.74. The van der Waals surface area contributed by atoms with Crippen LogP contribution < -0.4 is 0 Å². The summed E-state index contributed by atoms with van der Waals surface area (Å²) in [5, 5.41) is 0.342. The molecule has 22 heavy (non-hydrogen) atoms. The number of nitrogens with zero attached hydrogens (tertiary/aromatic N) is 3. The van der Waals surface area contributed by atoms with Crippen molar-refractivity contribution in [3.63, 3.8) is 0 Å². The summed E-state index contributed by atoms with van der Waals surface area (Å²) in [5.74, 6) is 2.35. The van der Waals surface area contributed by atoms with Gasteiger partial charge in [0.25, 0.3) is 10.0 Å². The van der Waals surface area contributed by atoms with Crippen molar-refractivity contribution in [2.24, 2.45) is 7.05 Å². The van der Waals surface area contributed by atoms with Crippen LogP contribution in [0.15, 0.2) is 34.0 Å². The summed E-state index contributed by atoms with van der Waals surface area (Å²) < 4.78 is 34.1. The smallest absolute Gasteiger partial charge is 0.262 e. The molecule has 0 N–H and O–H groups in total. The minimum absolute atomic E-state index is 0.133. The Bertz CT molecular complexity index is 718. The molecule has 0 amide bonds. The Kier molecular flexibility index (Phi) is 4.33. The van der Waals surface area contributed by atoms with Gasteiger partial charge in [-0.1, -0.05) is 0 Å². The van der Waals surface area contributed by atoms with E-state index in [1.165, 1.54) is 4.31 Å². The first-order chi connectivity index (χ1) is 10.5. The van der Waals surface area contributed by atoms with Crippen LogP contribution in [0.1, 0.15) is 23.3 Å². The van der Waals surface area contributed by atoms with Gasteiger partial charge in [-0.25, -0.2) is 13.4 Å². The fraction of sp³-hybridized carbons (Fsp3) is 0.500. The fourth-order valence-electron chi connectivity index (χ4n) is 2.48. The lowest BCUT2D eigenvalue weighted by Gasteiger charge is -2.18. The van der Waals surface area contributed by atoms with Crippen LogP contribution in [-0.2, 0) is 17.1 Å². The van der Waals surface area contributed by atoms with Crippen LogP contribution in [0.2, 0.25) is 0 Å². The molecule has 2 aromatic rings. The van der Waals surface area contributed by atoms with Crippen molar-refractivity contribution in [2.45, 2.75) is 23.6 Å². The number of imidazole rings is 1. The highest BCUT2D eigenvalue weighted by Gasteiger charge is 2.30. The maximum absolute atomic E-state index is 12.7. The lowest BCUT2D eigenvalue weighted by Crippen LogP contribution is -2.33. The quantitative estimate of drug-likeness (QED) is 0.856. The lowest BCUT2D eigenvalue weighted by atomic mass is 10.2. The van der Waals surface area contributed by atoms with Crippen molar-refractivity contribution < 1.29 is 12.8 Å². The first kappa shape index (κ1) is 15.6. The van der Waals surface area contributed by atoms with Crippen molar-refractivity contribution >= 4 is 21.8 Å². The molecule has 8 heteroatoms. The van der Waals surface area contributed by atoms with E-state index >= 15 is 0 Å². The topological polar surface area (TPSA) is 68.3 Å². The average Bonchev–Trinajstić information content (AvgIpc) is 3.04. The average molecular weight is 341 g/mol. The molecule has 0 aromatic carbocycles. The summed E-state index contributed by atoms with van der Waals surface area (Å²) in [4.78, 5) is 4.16. The van der Waals surface area contributed by atoms with E-state index in [4.69, 9.17) is 4.42 Å². The second kappa shape index (κ2) is 6.10. The van der Waals surface area contributed by atoms with Gasteiger partial charge in [0.1, 0.15) is 11.6 Å². The number of hydrogen-bond donors (Lipinski definition) is 0. The summed E-state index contributed by atoms with van der Waals surface area (Å²) in [6.07, 6.45) is 3.97. The molecule has 1 atom stereocenters. The predicted octanol–water partition coefficient (Wildman–Crippen LogP) is 2.19. The molecule has 6 nitrogen and oxygen atoms in total. The Morgan fingerprint density at radius 2 is 2.23 bits per heavy atom. The molecule has 0 radical (unpaired) electrons. The molecule has 1 saturated heterocycles. The molecule has 3 rings (SSSR count). The number of furan rings is 1. The third kappa shape index (κ3) is 2.95. The summed E-state index contributed by atoms with van der Waals surface area (Å²) in [6.45, 7) is 2.78. The van der Waals surface area contributed by atoms with E-state index < -0.39 is 10.0 Å². The summed E-state index contributed by atoms with van der Waals surface area (Å²) in [6, 6.07) is 3.82. The maximum atomic E-state index is 12.7. The zero-order valence-corrected chi connectivity index (χ0v) is 14.2. The van der Waals surface area contributed by atoms with E-state index in [2.05, 4.69) is 4.98 Å². The minimum Gasteiger partial charge on any atom is -0.468 e. The number of rotatable bonds is 3. The number of hydrogen-bond acceptors (Lipinski definition) is 5. The van der Waals surface area contributed by atoms with Crippen LogP contribution in [0.25, 0.3) is 0 Å². The SMILES string of the molecule is Cc1nc(S(=O)(=O)N2CCSC(c3ccco3)CC2)cn1C.